The van der Waals surface area contributed by atoms with E-state index in [9.17, 15) is 9.59 Å². The van der Waals surface area contributed by atoms with E-state index in [-0.39, 0.29) is 11.7 Å². The van der Waals surface area contributed by atoms with Crippen LogP contribution in [-0.2, 0) is 24.4 Å². The smallest absolute Gasteiger partial charge is 0.222 e. The van der Waals surface area contributed by atoms with Gasteiger partial charge in [0.05, 0.1) is 12.2 Å². The second-order valence-corrected chi connectivity index (χ2v) is 8.79. The number of carbonyl (C=O) groups is 2. The molecule has 0 unspecified atom stereocenters. The predicted octanol–water partition coefficient (Wildman–Crippen LogP) is 4.43. The number of ketones is 1. The average molecular weight is 421 g/mol. The Morgan fingerprint density at radius 3 is 2.32 bits per heavy atom. The van der Waals surface area contributed by atoms with Crippen LogP contribution in [0.3, 0.4) is 0 Å². The van der Waals surface area contributed by atoms with Crippen LogP contribution in [-0.4, -0.2) is 41.2 Å². The number of benzene rings is 2. The molecule has 164 valence electrons. The maximum absolute atomic E-state index is 12.3. The topological polar surface area (TPSA) is 49.9 Å². The molecule has 5 heteroatoms. The number of fused-ring (bicyclic) bond motifs is 1. The van der Waals surface area contributed by atoms with Crippen molar-refractivity contribution in [2.45, 2.75) is 52.7 Å². The van der Waals surface area contributed by atoms with Crippen molar-refractivity contribution in [3.05, 3.63) is 64.7 Å². The molecule has 0 radical (unpaired) electrons. The third-order valence-electron chi connectivity index (χ3n) is 6.48. The molecule has 0 N–H and O–H groups in total. The van der Waals surface area contributed by atoms with Gasteiger partial charge in [-0.05, 0) is 54.5 Å². The number of ether oxygens (including phenoxy) is 1. The molecule has 0 spiro atoms. The Morgan fingerprint density at radius 1 is 1.03 bits per heavy atom. The van der Waals surface area contributed by atoms with Crippen molar-refractivity contribution in [1.29, 1.82) is 0 Å². The first-order valence-electron chi connectivity index (χ1n) is 11.4. The zero-order chi connectivity index (χ0) is 21.8. The van der Waals surface area contributed by atoms with E-state index in [1.54, 1.807) is 6.92 Å². The average Bonchev–Trinajstić information content (AvgIpc) is 3.20. The Hall–Kier alpha value is -2.66. The summed E-state index contributed by atoms with van der Waals surface area (Å²) in [6, 6.07) is 14.6. The SMILES string of the molecule is CCC(=O)N1CCC(COc2ccc(CN3Cc4ccccc4C3)cc2C(C)=O)CC1. The summed E-state index contributed by atoms with van der Waals surface area (Å²) >= 11 is 0. The Labute approximate surface area is 185 Å². The van der Waals surface area contributed by atoms with Crippen molar-refractivity contribution in [1.82, 2.24) is 9.80 Å². The van der Waals surface area contributed by atoms with E-state index >= 15 is 0 Å². The fourth-order valence-corrected chi connectivity index (χ4v) is 4.63. The van der Waals surface area contributed by atoms with Gasteiger partial charge in [0.1, 0.15) is 5.75 Å². The Kier molecular flexibility index (Phi) is 6.71. The van der Waals surface area contributed by atoms with Gasteiger partial charge in [0.15, 0.2) is 5.78 Å². The fourth-order valence-electron chi connectivity index (χ4n) is 4.63. The summed E-state index contributed by atoms with van der Waals surface area (Å²) in [7, 11) is 0. The molecule has 0 aromatic heterocycles. The molecular formula is C26H32N2O3. The molecule has 31 heavy (non-hydrogen) atoms. The highest BCUT2D eigenvalue weighted by molar-refractivity contribution is 5.97. The zero-order valence-electron chi connectivity index (χ0n) is 18.6. The minimum atomic E-state index is 0.0323. The van der Waals surface area contributed by atoms with E-state index in [1.165, 1.54) is 11.1 Å². The van der Waals surface area contributed by atoms with Gasteiger partial charge in [-0.25, -0.2) is 0 Å². The van der Waals surface area contributed by atoms with Gasteiger partial charge in [-0.2, -0.15) is 0 Å². The molecule has 1 saturated heterocycles. The minimum absolute atomic E-state index is 0.0323. The molecule has 0 bridgehead atoms. The van der Waals surface area contributed by atoms with E-state index in [1.807, 2.05) is 24.0 Å². The molecule has 1 fully saturated rings. The van der Waals surface area contributed by atoms with Crippen LogP contribution in [0, 0.1) is 5.92 Å². The zero-order valence-corrected chi connectivity index (χ0v) is 18.6. The second kappa shape index (κ2) is 9.65. The van der Waals surface area contributed by atoms with Crippen molar-refractivity contribution < 1.29 is 14.3 Å². The van der Waals surface area contributed by atoms with Crippen LogP contribution in [0.15, 0.2) is 42.5 Å². The molecule has 5 nitrogen and oxygen atoms in total. The predicted molar refractivity (Wildman–Crippen MR) is 121 cm³/mol. The van der Waals surface area contributed by atoms with Crippen LogP contribution in [0.1, 0.15) is 60.2 Å². The normalized spacial score (nSPS) is 16.9. The Morgan fingerprint density at radius 2 is 1.71 bits per heavy atom. The van der Waals surface area contributed by atoms with Crippen molar-refractivity contribution >= 4 is 11.7 Å². The summed E-state index contributed by atoms with van der Waals surface area (Å²) in [6.07, 6.45) is 2.47. The highest BCUT2D eigenvalue weighted by Gasteiger charge is 2.23. The number of amides is 1. The van der Waals surface area contributed by atoms with Gasteiger partial charge < -0.3 is 9.64 Å². The maximum Gasteiger partial charge on any atom is 0.222 e. The molecule has 2 heterocycles. The molecular weight excluding hydrogens is 388 g/mol. The molecule has 0 atom stereocenters. The van der Waals surface area contributed by atoms with Crippen molar-refractivity contribution in [3.63, 3.8) is 0 Å². The van der Waals surface area contributed by atoms with Crippen LogP contribution in [0.25, 0.3) is 0 Å². The first-order chi connectivity index (χ1) is 15.0. The molecule has 0 aliphatic carbocycles. The van der Waals surface area contributed by atoms with Crippen LogP contribution < -0.4 is 4.74 Å². The molecule has 4 rings (SSSR count). The van der Waals surface area contributed by atoms with Gasteiger partial charge in [-0.15, -0.1) is 0 Å². The number of nitrogens with zero attached hydrogens (tertiary/aromatic N) is 2. The lowest BCUT2D eigenvalue weighted by molar-refractivity contribution is -0.132. The van der Waals surface area contributed by atoms with Gasteiger partial charge in [0, 0.05) is 39.1 Å². The number of hydrogen-bond acceptors (Lipinski definition) is 4. The summed E-state index contributed by atoms with van der Waals surface area (Å²) in [5, 5.41) is 0. The number of likely N-dealkylation sites (tertiary alicyclic amines) is 1. The summed E-state index contributed by atoms with van der Waals surface area (Å²) in [4.78, 5) is 28.5. The van der Waals surface area contributed by atoms with Crippen molar-refractivity contribution in [3.8, 4) is 5.75 Å². The van der Waals surface area contributed by atoms with Crippen molar-refractivity contribution in [2.75, 3.05) is 19.7 Å². The minimum Gasteiger partial charge on any atom is -0.493 e. The lowest BCUT2D eigenvalue weighted by Gasteiger charge is -2.31. The molecule has 2 aliphatic rings. The summed E-state index contributed by atoms with van der Waals surface area (Å²) in [5.41, 5.74) is 4.58. The van der Waals surface area contributed by atoms with E-state index in [0.717, 1.165) is 51.1 Å². The lowest BCUT2D eigenvalue weighted by Crippen LogP contribution is -2.39. The number of hydrogen-bond donors (Lipinski definition) is 0. The first kappa shape index (κ1) is 21.6. The fraction of sp³-hybridized carbons (Fsp3) is 0.462. The number of Topliss-reactive ketones (excluding diaryl/α,β-unsaturated/α-hetero) is 1. The third kappa shape index (κ3) is 5.16. The van der Waals surface area contributed by atoms with E-state index in [0.29, 0.717) is 30.3 Å². The van der Waals surface area contributed by atoms with Crippen molar-refractivity contribution in [2.24, 2.45) is 5.92 Å². The molecule has 2 aromatic carbocycles. The van der Waals surface area contributed by atoms with Gasteiger partial charge in [0.2, 0.25) is 5.91 Å². The molecule has 2 aromatic rings. The second-order valence-electron chi connectivity index (χ2n) is 8.79. The van der Waals surface area contributed by atoms with Crippen LogP contribution in [0.4, 0.5) is 0 Å². The molecule has 0 saturated carbocycles. The molecule has 1 amide bonds. The van der Waals surface area contributed by atoms with Crippen LogP contribution in [0.2, 0.25) is 0 Å². The first-order valence-corrected chi connectivity index (χ1v) is 11.4. The van der Waals surface area contributed by atoms with Gasteiger partial charge in [-0.3, -0.25) is 14.5 Å². The Balaban J connectivity index is 1.35. The van der Waals surface area contributed by atoms with Gasteiger partial charge in [-0.1, -0.05) is 37.3 Å². The number of piperidine rings is 1. The van der Waals surface area contributed by atoms with E-state index in [2.05, 4.69) is 35.2 Å². The van der Waals surface area contributed by atoms with Gasteiger partial charge in [0.25, 0.3) is 0 Å². The standard InChI is InChI=1S/C26H32N2O3/c1-3-26(30)28-12-10-20(11-13-28)18-31-25-9-8-21(14-24(25)19(2)29)15-27-16-22-6-4-5-7-23(22)17-27/h4-9,14,20H,3,10-13,15-18H2,1-2H3. The highest BCUT2D eigenvalue weighted by atomic mass is 16.5. The van der Waals surface area contributed by atoms with E-state index < -0.39 is 0 Å². The summed E-state index contributed by atoms with van der Waals surface area (Å²) in [5.74, 6) is 1.36. The highest BCUT2D eigenvalue weighted by Crippen LogP contribution is 2.27. The molecule has 2 aliphatic heterocycles. The quantitative estimate of drug-likeness (QED) is 0.622. The van der Waals surface area contributed by atoms with Gasteiger partial charge >= 0.3 is 0 Å². The number of rotatable bonds is 7. The third-order valence-corrected chi connectivity index (χ3v) is 6.48. The van der Waals surface area contributed by atoms with E-state index in [4.69, 9.17) is 4.74 Å². The maximum atomic E-state index is 12.3. The largest absolute Gasteiger partial charge is 0.493 e. The number of carbonyl (C=O) groups excluding carboxylic acids is 2. The summed E-state index contributed by atoms with van der Waals surface area (Å²) < 4.78 is 6.10. The Bertz CT molecular complexity index is 922. The monoisotopic (exact) mass is 420 g/mol. The van der Waals surface area contributed by atoms with Crippen LogP contribution >= 0.6 is 0 Å². The van der Waals surface area contributed by atoms with Crippen LogP contribution in [0.5, 0.6) is 5.75 Å². The lowest BCUT2D eigenvalue weighted by atomic mass is 9.97. The summed E-state index contributed by atoms with van der Waals surface area (Å²) in [6.45, 7) is 8.43.